The summed E-state index contributed by atoms with van der Waals surface area (Å²) in [6.07, 6.45) is 2.39. The number of hydrogen-bond donors (Lipinski definition) is 2. The van der Waals surface area contributed by atoms with Crippen molar-refractivity contribution in [3.63, 3.8) is 0 Å². The van der Waals surface area contributed by atoms with E-state index in [4.69, 9.17) is 9.47 Å². The SMILES string of the molecule is O=C1CCC(C(=O)NCCC2OCCCO2)N1. The van der Waals surface area contributed by atoms with Crippen LogP contribution in [0.2, 0.25) is 0 Å². The predicted molar refractivity (Wildman–Crippen MR) is 59.1 cm³/mol. The molecule has 1 atom stereocenters. The number of carbonyl (C=O) groups is 2. The summed E-state index contributed by atoms with van der Waals surface area (Å²) in [4.78, 5) is 22.6. The summed E-state index contributed by atoms with van der Waals surface area (Å²) < 4.78 is 10.7. The molecule has 96 valence electrons. The van der Waals surface area contributed by atoms with Gasteiger partial charge in [0.05, 0.1) is 13.2 Å². The molecule has 6 heteroatoms. The molecule has 0 radical (unpaired) electrons. The highest BCUT2D eigenvalue weighted by molar-refractivity contribution is 5.90. The lowest BCUT2D eigenvalue weighted by Crippen LogP contribution is -2.42. The van der Waals surface area contributed by atoms with E-state index >= 15 is 0 Å². The summed E-state index contributed by atoms with van der Waals surface area (Å²) in [5, 5.41) is 5.41. The maximum atomic E-state index is 11.6. The molecule has 2 rings (SSSR count). The lowest BCUT2D eigenvalue weighted by molar-refractivity contribution is -0.180. The Morgan fingerprint density at radius 1 is 1.41 bits per heavy atom. The first-order valence-corrected chi connectivity index (χ1v) is 6.06. The summed E-state index contributed by atoms with van der Waals surface area (Å²) >= 11 is 0. The van der Waals surface area contributed by atoms with Crippen LogP contribution in [0, 0.1) is 0 Å². The summed E-state index contributed by atoms with van der Waals surface area (Å²) in [5.41, 5.74) is 0. The second-order valence-corrected chi connectivity index (χ2v) is 4.26. The summed E-state index contributed by atoms with van der Waals surface area (Å²) in [6.45, 7) is 1.95. The van der Waals surface area contributed by atoms with Gasteiger partial charge in [0.15, 0.2) is 6.29 Å². The van der Waals surface area contributed by atoms with E-state index in [2.05, 4.69) is 10.6 Å². The van der Waals surface area contributed by atoms with Gasteiger partial charge in [-0.3, -0.25) is 9.59 Å². The van der Waals surface area contributed by atoms with Gasteiger partial charge < -0.3 is 20.1 Å². The van der Waals surface area contributed by atoms with Crippen LogP contribution in [0.4, 0.5) is 0 Å². The van der Waals surface area contributed by atoms with Crippen molar-refractivity contribution in [1.82, 2.24) is 10.6 Å². The number of carbonyl (C=O) groups excluding carboxylic acids is 2. The van der Waals surface area contributed by atoms with E-state index in [1.807, 2.05) is 0 Å². The minimum absolute atomic E-state index is 0.0518. The van der Waals surface area contributed by atoms with Crippen LogP contribution in [0.3, 0.4) is 0 Å². The molecule has 17 heavy (non-hydrogen) atoms. The zero-order chi connectivity index (χ0) is 12.1. The summed E-state index contributed by atoms with van der Waals surface area (Å²) in [6, 6.07) is -0.365. The maximum absolute atomic E-state index is 11.6. The molecule has 0 spiro atoms. The quantitative estimate of drug-likeness (QED) is 0.699. The molecule has 2 fully saturated rings. The zero-order valence-electron chi connectivity index (χ0n) is 9.74. The van der Waals surface area contributed by atoms with Crippen LogP contribution in [0.25, 0.3) is 0 Å². The largest absolute Gasteiger partial charge is 0.354 e. The molecule has 0 bridgehead atoms. The van der Waals surface area contributed by atoms with E-state index < -0.39 is 0 Å². The van der Waals surface area contributed by atoms with Crippen LogP contribution in [0.15, 0.2) is 0 Å². The van der Waals surface area contributed by atoms with E-state index in [1.165, 1.54) is 0 Å². The number of rotatable bonds is 4. The molecule has 0 aromatic rings. The Labute approximate surface area is 100 Å². The van der Waals surface area contributed by atoms with Crippen molar-refractivity contribution < 1.29 is 19.1 Å². The molecule has 2 heterocycles. The monoisotopic (exact) mass is 242 g/mol. The van der Waals surface area contributed by atoms with Gasteiger partial charge in [-0.1, -0.05) is 0 Å². The van der Waals surface area contributed by atoms with Crippen LogP contribution in [0.5, 0.6) is 0 Å². The number of ether oxygens (including phenoxy) is 2. The van der Waals surface area contributed by atoms with E-state index in [0.29, 0.717) is 25.8 Å². The van der Waals surface area contributed by atoms with Crippen molar-refractivity contribution in [2.24, 2.45) is 0 Å². The van der Waals surface area contributed by atoms with E-state index in [0.717, 1.165) is 19.6 Å². The van der Waals surface area contributed by atoms with Gasteiger partial charge in [-0.15, -0.1) is 0 Å². The lowest BCUT2D eigenvalue weighted by Gasteiger charge is -2.23. The zero-order valence-corrected chi connectivity index (χ0v) is 9.74. The Morgan fingerprint density at radius 2 is 2.18 bits per heavy atom. The van der Waals surface area contributed by atoms with Gasteiger partial charge in [0.25, 0.3) is 0 Å². The molecule has 2 amide bonds. The smallest absolute Gasteiger partial charge is 0.242 e. The molecule has 0 aliphatic carbocycles. The van der Waals surface area contributed by atoms with Crippen molar-refractivity contribution in [2.45, 2.75) is 38.0 Å². The molecule has 6 nitrogen and oxygen atoms in total. The second-order valence-electron chi connectivity index (χ2n) is 4.26. The van der Waals surface area contributed by atoms with Gasteiger partial charge in [0.2, 0.25) is 11.8 Å². The predicted octanol–water partition coefficient (Wildman–Crippen LogP) is -0.466. The number of hydrogen-bond acceptors (Lipinski definition) is 4. The van der Waals surface area contributed by atoms with Crippen LogP contribution in [-0.4, -0.2) is 43.9 Å². The summed E-state index contributed by atoms with van der Waals surface area (Å²) in [7, 11) is 0. The standard InChI is InChI=1S/C11H18N2O4/c14-9-3-2-8(13-9)11(15)12-5-4-10-16-6-1-7-17-10/h8,10H,1-7H2,(H,12,15)(H,13,14). The van der Waals surface area contributed by atoms with Crippen molar-refractivity contribution in [3.05, 3.63) is 0 Å². The molecule has 2 saturated heterocycles. The second kappa shape index (κ2) is 5.97. The first kappa shape index (κ1) is 12.3. The molecule has 1 unspecified atom stereocenters. The third-order valence-electron chi connectivity index (χ3n) is 2.89. The van der Waals surface area contributed by atoms with Crippen molar-refractivity contribution in [3.8, 4) is 0 Å². The van der Waals surface area contributed by atoms with Crippen LogP contribution in [-0.2, 0) is 19.1 Å². The highest BCUT2D eigenvalue weighted by Crippen LogP contribution is 2.08. The fourth-order valence-corrected chi connectivity index (χ4v) is 1.95. The van der Waals surface area contributed by atoms with Crippen LogP contribution >= 0.6 is 0 Å². The van der Waals surface area contributed by atoms with E-state index in [-0.39, 0.29) is 24.1 Å². The van der Waals surface area contributed by atoms with E-state index in [1.54, 1.807) is 0 Å². The van der Waals surface area contributed by atoms with Gasteiger partial charge in [-0.25, -0.2) is 0 Å². The van der Waals surface area contributed by atoms with Gasteiger partial charge in [0.1, 0.15) is 6.04 Å². The third-order valence-corrected chi connectivity index (χ3v) is 2.89. The minimum Gasteiger partial charge on any atom is -0.354 e. The van der Waals surface area contributed by atoms with Crippen LogP contribution in [0.1, 0.15) is 25.7 Å². The first-order chi connectivity index (χ1) is 8.25. The average molecular weight is 242 g/mol. The van der Waals surface area contributed by atoms with Gasteiger partial charge in [-0.05, 0) is 12.8 Å². The fraction of sp³-hybridized carbons (Fsp3) is 0.818. The minimum atomic E-state index is -0.365. The normalized spacial score (nSPS) is 25.6. The van der Waals surface area contributed by atoms with Gasteiger partial charge in [0, 0.05) is 19.4 Å². The Bertz CT molecular complexity index is 289. The molecule has 0 saturated carbocycles. The first-order valence-electron chi connectivity index (χ1n) is 6.06. The Balaban J connectivity index is 1.61. The van der Waals surface area contributed by atoms with Gasteiger partial charge in [-0.2, -0.15) is 0 Å². The Kier molecular flexibility index (Phi) is 4.33. The molecule has 2 aliphatic rings. The lowest BCUT2D eigenvalue weighted by atomic mass is 10.2. The highest BCUT2D eigenvalue weighted by Gasteiger charge is 2.26. The average Bonchev–Trinajstić information content (AvgIpc) is 2.77. The van der Waals surface area contributed by atoms with Crippen molar-refractivity contribution in [2.75, 3.05) is 19.8 Å². The van der Waals surface area contributed by atoms with Gasteiger partial charge >= 0.3 is 0 Å². The molecular formula is C11H18N2O4. The van der Waals surface area contributed by atoms with Crippen molar-refractivity contribution >= 4 is 11.8 Å². The third kappa shape index (κ3) is 3.67. The molecular weight excluding hydrogens is 224 g/mol. The van der Waals surface area contributed by atoms with Crippen LogP contribution < -0.4 is 10.6 Å². The molecule has 0 aromatic heterocycles. The number of amides is 2. The Hall–Kier alpha value is -1.14. The topological polar surface area (TPSA) is 76.7 Å². The molecule has 2 aliphatic heterocycles. The Morgan fingerprint density at radius 3 is 2.82 bits per heavy atom. The summed E-state index contributed by atoms with van der Waals surface area (Å²) in [5.74, 6) is -0.171. The van der Waals surface area contributed by atoms with E-state index in [9.17, 15) is 9.59 Å². The molecule has 2 N–H and O–H groups in total. The molecule has 0 aromatic carbocycles. The maximum Gasteiger partial charge on any atom is 0.242 e. The number of nitrogens with one attached hydrogen (secondary N) is 2. The van der Waals surface area contributed by atoms with Crippen molar-refractivity contribution in [1.29, 1.82) is 0 Å². The highest BCUT2D eigenvalue weighted by atomic mass is 16.7. The fourth-order valence-electron chi connectivity index (χ4n) is 1.95.